The van der Waals surface area contributed by atoms with Crippen molar-refractivity contribution in [1.82, 2.24) is 0 Å². The fourth-order valence-electron chi connectivity index (χ4n) is 1.74. The quantitative estimate of drug-likeness (QED) is 0.804. The largest absolute Gasteiger partial charge is 0.453 e. The molecule has 0 atom stereocenters. The zero-order valence-corrected chi connectivity index (χ0v) is 14.0. The topological polar surface area (TPSA) is 56.2 Å². The number of rotatable bonds is 4. The predicted octanol–water partition coefficient (Wildman–Crippen LogP) is 4.84. The fraction of sp³-hybridized carbons (Fsp3) is 0.267. The molecule has 1 aromatic carbocycles. The number of hydrogen-bond donors (Lipinski definition) is 1. The molecule has 21 heavy (non-hydrogen) atoms. The zero-order chi connectivity index (χ0) is 14.9. The Labute approximate surface area is 139 Å². The molecule has 0 aliphatic heterocycles. The average molecular weight is 349 g/mol. The van der Waals surface area contributed by atoms with Gasteiger partial charge in [-0.1, -0.05) is 37.0 Å². The van der Waals surface area contributed by atoms with Gasteiger partial charge in [0.2, 0.25) is 5.78 Å². The van der Waals surface area contributed by atoms with Crippen LogP contribution >= 0.6 is 35.6 Å². The summed E-state index contributed by atoms with van der Waals surface area (Å²) < 4.78 is 5.61. The normalized spacial score (nSPS) is 11.1. The van der Waals surface area contributed by atoms with Crippen molar-refractivity contribution in [3.63, 3.8) is 0 Å². The molecule has 0 fully saturated rings. The van der Waals surface area contributed by atoms with Crippen molar-refractivity contribution < 1.29 is 9.21 Å². The minimum atomic E-state index is -0.652. The molecule has 1 heterocycles. The summed E-state index contributed by atoms with van der Waals surface area (Å²) in [5.41, 5.74) is 5.68. The number of carbonyl (C=O) groups is 1. The highest BCUT2D eigenvalue weighted by Crippen LogP contribution is 2.30. The van der Waals surface area contributed by atoms with E-state index in [9.17, 15) is 4.79 Å². The van der Waals surface area contributed by atoms with Gasteiger partial charge in [0.1, 0.15) is 5.76 Å². The summed E-state index contributed by atoms with van der Waals surface area (Å²) in [6, 6.07) is 8.47. The second-order valence-corrected chi connectivity index (χ2v) is 6.11. The van der Waals surface area contributed by atoms with Crippen molar-refractivity contribution in [2.45, 2.75) is 13.8 Å². The standard InChI is InChI=1S/C15H15Cl2NO2.ClH/c1-15(2,8-18)14(19)13-4-3-12(20-13)9-5-10(16)7-11(17)6-9;/h3-7H,8,18H2,1-2H3;1H. The van der Waals surface area contributed by atoms with Crippen molar-refractivity contribution in [2.24, 2.45) is 11.1 Å². The maximum atomic E-state index is 12.3. The van der Waals surface area contributed by atoms with Crippen molar-refractivity contribution in [3.05, 3.63) is 46.1 Å². The van der Waals surface area contributed by atoms with E-state index in [0.717, 1.165) is 5.56 Å². The summed E-state index contributed by atoms with van der Waals surface area (Å²) in [6.07, 6.45) is 0. The Bertz CT molecular complexity index is 630. The molecule has 2 rings (SSSR count). The lowest BCUT2D eigenvalue weighted by atomic mass is 9.87. The molecule has 0 saturated carbocycles. The Balaban J connectivity index is 0.00000220. The first-order chi connectivity index (χ1) is 9.33. The second-order valence-electron chi connectivity index (χ2n) is 5.24. The number of furan rings is 1. The molecular formula is C15H16Cl3NO2. The van der Waals surface area contributed by atoms with Crippen LogP contribution < -0.4 is 5.73 Å². The zero-order valence-electron chi connectivity index (χ0n) is 11.7. The van der Waals surface area contributed by atoms with Gasteiger partial charge in [-0.15, -0.1) is 12.4 Å². The van der Waals surface area contributed by atoms with E-state index in [1.165, 1.54) is 0 Å². The summed E-state index contributed by atoms with van der Waals surface area (Å²) in [5, 5.41) is 1.03. The number of Topliss-reactive ketones (excluding diaryl/α,β-unsaturated/α-hetero) is 1. The molecule has 0 saturated heterocycles. The third-order valence-corrected chi connectivity index (χ3v) is 3.54. The molecule has 0 spiro atoms. The minimum Gasteiger partial charge on any atom is -0.453 e. The van der Waals surface area contributed by atoms with Crippen molar-refractivity contribution in [2.75, 3.05) is 6.54 Å². The highest BCUT2D eigenvalue weighted by atomic mass is 35.5. The van der Waals surface area contributed by atoms with Gasteiger partial charge < -0.3 is 10.2 Å². The van der Waals surface area contributed by atoms with E-state index in [-0.39, 0.29) is 30.5 Å². The Morgan fingerprint density at radius 2 is 1.76 bits per heavy atom. The van der Waals surface area contributed by atoms with Crippen LogP contribution in [0, 0.1) is 5.41 Å². The monoisotopic (exact) mass is 347 g/mol. The van der Waals surface area contributed by atoms with Crippen LogP contribution in [0.4, 0.5) is 0 Å². The van der Waals surface area contributed by atoms with Gasteiger partial charge in [0.25, 0.3) is 0 Å². The molecule has 1 aromatic heterocycles. The first kappa shape index (κ1) is 18.1. The van der Waals surface area contributed by atoms with Crippen LogP contribution in [0.5, 0.6) is 0 Å². The van der Waals surface area contributed by atoms with Crippen LogP contribution in [0.3, 0.4) is 0 Å². The van der Waals surface area contributed by atoms with Gasteiger partial charge in [0.05, 0.1) is 0 Å². The van der Waals surface area contributed by atoms with E-state index in [0.29, 0.717) is 15.8 Å². The maximum Gasteiger partial charge on any atom is 0.204 e. The molecule has 114 valence electrons. The first-order valence-corrected chi connectivity index (χ1v) is 6.90. The molecule has 2 N–H and O–H groups in total. The SMILES string of the molecule is CC(C)(CN)C(=O)c1ccc(-c2cc(Cl)cc(Cl)c2)o1.Cl. The smallest absolute Gasteiger partial charge is 0.204 e. The van der Waals surface area contributed by atoms with Gasteiger partial charge in [-0.05, 0) is 30.3 Å². The van der Waals surface area contributed by atoms with Crippen LogP contribution in [0.25, 0.3) is 11.3 Å². The Hall–Kier alpha value is -1.000. The summed E-state index contributed by atoms with van der Waals surface area (Å²) >= 11 is 11.9. The molecule has 0 amide bonds. The molecule has 0 aliphatic carbocycles. The van der Waals surface area contributed by atoms with Crippen molar-refractivity contribution in [3.8, 4) is 11.3 Å². The third kappa shape index (κ3) is 4.01. The van der Waals surface area contributed by atoms with Gasteiger partial charge in [0.15, 0.2) is 5.76 Å². The van der Waals surface area contributed by atoms with Gasteiger partial charge in [-0.2, -0.15) is 0 Å². The summed E-state index contributed by atoms with van der Waals surface area (Å²) in [5.74, 6) is 0.705. The van der Waals surface area contributed by atoms with E-state index in [1.54, 1.807) is 44.2 Å². The molecule has 3 nitrogen and oxygen atoms in total. The number of carbonyl (C=O) groups excluding carboxylic acids is 1. The summed E-state index contributed by atoms with van der Waals surface area (Å²) in [4.78, 5) is 12.3. The van der Waals surface area contributed by atoms with E-state index in [1.807, 2.05) is 0 Å². The Kier molecular flexibility index (Phi) is 5.88. The van der Waals surface area contributed by atoms with E-state index >= 15 is 0 Å². The molecular weight excluding hydrogens is 333 g/mol. The highest BCUT2D eigenvalue weighted by Gasteiger charge is 2.29. The van der Waals surface area contributed by atoms with Crippen LogP contribution in [0.2, 0.25) is 10.0 Å². The van der Waals surface area contributed by atoms with Crippen molar-refractivity contribution >= 4 is 41.4 Å². The third-order valence-electron chi connectivity index (χ3n) is 3.10. The second kappa shape index (κ2) is 6.84. The van der Waals surface area contributed by atoms with E-state index < -0.39 is 5.41 Å². The maximum absolute atomic E-state index is 12.3. The molecule has 2 aromatic rings. The van der Waals surface area contributed by atoms with Gasteiger partial charge in [-0.25, -0.2) is 0 Å². The number of halogens is 3. The van der Waals surface area contributed by atoms with Crippen LogP contribution in [-0.4, -0.2) is 12.3 Å². The average Bonchev–Trinajstić information content (AvgIpc) is 2.86. The number of ketones is 1. The number of nitrogens with two attached hydrogens (primary N) is 1. The molecule has 0 unspecified atom stereocenters. The lowest BCUT2D eigenvalue weighted by molar-refractivity contribution is 0.0818. The van der Waals surface area contributed by atoms with Crippen LogP contribution in [0.15, 0.2) is 34.7 Å². The fourth-order valence-corrected chi connectivity index (χ4v) is 2.26. The Morgan fingerprint density at radius 3 is 2.29 bits per heavy atom. The van der Waals surface area contributed by atoms with Crippen LogP contribution in [-0.2, 0) is 0 Å². The summed E-state index contributed by atoms with van der Waals surface area (Å²) in [7, 11) is 0. The van der Waals surface area contributed by atoms with Gasteiger partial charge in [0, 0.05) is 27.6 Å². The molecule has 0 aliphatic rings. The highest BCUT2D eigenvalue weighted by molar-refractivity contribution is 6.35. The summed E-state index contributed by atoms with van der Waals surface area (Å²) in [6.45, 7) is 3.83. The van der Waals surface area contributed by atoms with E-state index in [4.69, 9.17) is 33.4 Å². The predicted molar refractivity (Wildman–Crippen MR) is 88.6 cm³/mol. The van der Waals surface area contributed by atoms with Crippen LogP contribution in [0.1, 0.15) is 24.4 Å². The number of benzene rings is 1. The molecule has 6 heteroatoms. The lowest BCUT2D eigenvalue weighted by Crippen LogP contribution is -2.32. The van der Waals surface area contributed by atoms with Gasteiger partial charge in [-0.3, -0.25) is 4.79 Å². The molecule has 0 bridgehead atoms. The van der Waals surface area contributed by atoms with Crippen molar-refractivity contribution in [1.29, 1.82) is 0 Å². The minimum absolute atomic E-state index is 0. The lowest BCUT2D eigenvalue weighted by Gasteiger charge is -2.18. The molecule has 0 radical (unpaired) electrons. The Morgan fingerprint density at radius 1 is 1.19 bits per heavy atom. The van der Waals surface area contributed by atoms with Gasteiger partial charge >= 0.3 is 0 Å². The first-order valence-electron chi connectivity index (χ1n) is 6.14. The number of hydrogen-bond acceptors (Lipinski definition) is 3. The van der Waals surface area contributed by atoms with E-state index in [2.05, 4.69) is 0 Å².